The number of hydrogen-bond acceptors (Lipinski definition) is 6. The van der Waals surface area contributed by atoms with Gasteiger partial charge in [-0.3, -0.25) is 9.58 Å². The molecule has 1 N–H and O–H groups in total. The molecule has 1 aliphatic rings. The van der Waals surface area contributed by atoms with Gasteiger partial charge in [-0.2, -0.15) is 18.3 Å². The van der Waals surface area contributed by atoms with Gasteiger partial charge in [0.1, 0.15) is 17.0 Å². The van der Waals surface area contributed by atoms with Crippen molar-refractivity contribution in [3.05, 3.63) is 35.2 Å². The highest BCUT2D eigenvalue weighted by molar-refractivity contribution is 7.18. The summed E-state index contributed by atoms with van der Waals surface area (Å²) in [7, 11) is 1.92. The quantitative estimate of drug-likeness (QED) is 0.628. The molecular formula is C20H25F3N6S. The number of piperidine rings is 1. The molecule has 0 radical (unpaired) electrons. The highest BCUT2D eigenvalue weighted by Crippen LogP contribution is 2.33. The Labute approximate surface area is 177 Å². The van der Waals surface area contributed by atoms with Crippen LogP contribution in [0.25, 0.3) is 10.2 Å². The van der Waals surface area contributed by atoms with Crippen LogP contribution in [0.3, 0.4) is 0 Å². The fourth-order valence-corrected chi connectivity index (χ4v) is 5.12. The number of aromatic nitrogens is 4. The maximum atomic E-state index is 12.7. The molecule has 0 spiro atoms. The number of fused-ring (bicyclic) bond motifs is 1. The molecule has 6 nitrogen and oxygen atoms in total. The van der Waals surface area contributed by atoms with Crippen LogP contribution in [-0.2, 0) is 20.0 Å². The highest BCUT2D eigenvalue weighted by Gasteiger charge is 2.29. The number of nitrogens with zero attached hydrogens (tertiary/aromatic N) is 5. The Morgan fingerprint density at radius 1 is 1.30 bits per heavy atom. The number of aryl methyl sites for hydroxylation is 1. The van der Waals surface area contributed by atoms with Gasteiger partial charge in [-0.1, -0.05) is 6.92 Å². The second-order valence-electron chi connectivity index (χ2n) is 8.11. The zero-order chi connectivity index (χ0) is 21.3. The van der Waals surface area contributed by atoms with Crippen LogP contribution in [0.2, 0.25) is 0 Å². The summed E-state index contributed by atoms with van der Waals surface area (Å²) in [4.78, 5) is 11.7. The van der Waals surface area contributed by atoms with Crippen molar-refractivity contribution >= 4 is 27.4 Å². The van der Waals surface area contributed by atoms with E-state index in [0.717, 1.165) is 43.9 Å². The minimum absolute atomic E-state index is 0.262. The lowest BCUT2D eigenvalue weighted by Gasteiger charge is -2.37. The van der Waals surface area contributed by atoms with Crippen LogP contribution < -0.4 is 5.32 Å². The summed E-state index contributed by atoms with van der Waals surface area (Å²) in [5.41, 5.74) is 1.22. The molecule has 0 aliphatic carbocycles. The van der Waals surface area contributed by atoms with Gasteiger partial charge in [-0.25, -0.2) is 9.97 Å². The lowest BCUT2D eigenvalue weighted by atomic mass is 9.86. The summed E-state index contributed by atoms with van der Waals surface area (Å²) >= 11 is 1.08. The summed E-state index contributed by atoms with van der Waals surface area (Å²) in [6.07, 6.45) is 1.28. The number of thiophene rings is 1. The molecule has 4 rings (SSSR count). The predicted octanol–water partition coefficient (Wildman–Crippen LogP) is 4.10. The van der Waals surface area contributed by atoms with Crippen LogP contribution in [0.1, 0.15) is 23.8 Å². The van der Waals surface area contributed by atoms with E-state index in [-0.39, 0.29) is 4.88 Å². The van der Waals surface area contributed by atoms with Gasteiger partial charge in [0.25, 0.3) is 0 Å². The highest BCUT2D eigenvalue weighted by atomic mass is 32.1. The molecule has 2 atom stereocenters. The zero-order valence-electron chi connectivity index (χ0n) is 17.0. The van der Waals surface area contributed by atoms with E-state index >= 15 is 0 Å². The van der Waals surface area contributed by atoms with Gasteiger partial charge >= 0.3 is 6.18 Å². The molecule has 1 fully saturated rings. The first-order chi connectivity index (χ1) is 14.3. The Kier molecular flexibility index (Phi) is 5.97. The van der Waals surface area contributed by atoms with Crippen LogP contribution in [0.4, 0.5) is 19.0 Å². The molecule has 1 saturated heterocycles. The van der Waals surface area contributed by atoms with Crippen molar-refractivity contribution in [3.8, 4) is 0 Å². The van der Waals surface area contributed by atoms with Crippen molar-refractivity contribution in [1.29, 1.82) is 0 Å². The maximum absolute atomic E-state index is 12.7. The third-order valence-electron chi connectivity index (χ3n) is 5.62. The Hall–Kier alpha value is -2.20. The van der Waals surface area contributed by atoms with Crippen LogP contribution in [0.5, 0.6) is 0 Å². The summed E-state index contributed by atoms with van der Waals surface area (Å²) in [6, 6.07) is 1.57. The van der Waals surface area contributed by atoms with E-state index in [2.05, 4.69) is 32.2 Å². The summed E-state index contributed by atoms with van der Waals surface area (Å²) in [6.45, 7) is 5.93. The molecule has 0 saturated carbocycles. The van der Waals surface area contributed by atoms with E-state index in [1.165, 1.54) is 11.9 Å². The molecule has 3 aromatic heterocycles. The van der Waals surface area contributed by atoms with Crippen LogP contribution in [-0.4, -0.2) is 50.5 Å². The first-order valence-corrected chi connectivity index (χ1v) is 10.8. The van der Waals surface area contributed by atoms with Gasteiger partial charge in [0.2, 0.25) is 0 Å². The first kappa shape index (κ1) is 21.0. The van der Waals surface area contributed by atoms with E-state index in [9.17, 15) is 13.2 Å². The number of halogens is 3. The van der Waals surface area contributed by atoms with E-state index in [1.807, 2.05) is 24.1 Å². The lowest BCUT2D eigenvalue weighted by Crippen LogP contribution is -2.41. The van der Waals surface area contributed by atoms with Gasteiger partial charge in [-0.05, 0) is 30.9 Å². The SMILES string of the molecule is C[C@@H]1CN(Cc2cnn(C)c2)CC[C@@H]1CNc1ncnc2sc(CC(F)(F)F)cc12. The lowest BCUT2D eigenvalue weighted by molar-refractivity contribution is -0.126. The van der Waals surface area contributed by atoms with Gasteiger partial charge in [0, 0.05) is 43.3 Å². The number of anilines is 1. The van der Waals surface area contributed by atoms with Crippen molar-refractivity contribution in [1.82, 2.24) is 24.6 Å². The van der Waals surface area contributed by atoms with Crippen molar-refractivity contribution in [2.75, 3.05) is 25.0 Å². The standard InChI is InChI=1S/C20H25F3N6S/c1-13-9-29(11-14-7-27-28(2)10-14)4-3-15(13)8-24-18-17-5-16(6-20(21,22)23)30-19(17)26-12-25-18/h5,7,10,12-13,15H,3-4,6,8-9,11H2,1-2H3,(H,24,25,26)/t13-,15-/m1/s1. The van der Waals surface area contributed by atoms with Crippen molar-refractivity contribution in [2.45, 2.75) is 32.5 Å². The van der Waals surface area contributed by atoms with E-state index in [0.29, 0.717) is 27.9 Å². The normalized spacial score (nSPS) is 20.7. The van der Waals surface area contributed by atoms with E-state index in [1.54, 1.807) is 6.07 Å². The molecule has 30 heavy (non-hydrogen) atoms. The predicted molar refractivity (Wildman–Crippen MR) is 111 cm³/mol. The van der Waals surface area contributed by atoms with Crippen molar-refractivity contribution in [3.63, 3.8) is 0 Å². The fraction of sp³-hybridized carbons (Fsp3) is 0.550. The minimum atomic E-state index is -4.22. The van der Waals surface area contributed by atoms with Crippen LogP contribution in [0, 0.1) is 11.8 Å². The Bertz CT molecular complexity index is 998. The van der Waals surface area contributed by atoms with Gasteiger partial charge in [0.15, 0.2) is 0 Å². The van der Waals surface area contributed by atoms with Crippen LogP contribution in [0.15, 0.2) is 24.8 Å². The second kappa shape index (κ2) is 8.50. The number of alkyl halides is 3. The number of rotatable bonds is 6. The fourth-order valence-electron chi connectivity index (χ4n) is 4.10. The van der Waals surface area contributed by atoms with Gasteiger partial charge in [-0.15, -0.1) is 11.3 Å². The number of likely N-dealkylation sites (tertiary alicyclic amines) is 1. The van der Waals surface area contributed by atoms with Gasteiger partial charge < -0.3 is 5.32 Å². The van der Waals surface area contributed by atoms with Crippen molar-refractivity contribution in [2.24, 2.45) is 18.9 Å². The zero-order valence-corrected chi connectivity index (χ0v) is 17.8. The minimum Gasteiger partial charge on any atom is -0.369 e. The topological polar surface area (TPSA) is 58.9 Å². The Morgan fingerprint density at radius 2 is 2.13 bits per heavy atom. The summed E-state index contributed by atoms with van der Waals surface area (Å²) in [5.74, 6) is 1.60. The molecule has 0 aromatic carbocycles. The van der Waals surface area contributed by atoms with E-state index < -0.39 is 12.6 Å². The number of nitrogens with one attached hydrogen (secondary N) is 1. The average molecular weight is 439 g/mol. The number of hydrogen-bond donors (Lipinski definition) is 1. The molecule has 1 aliphatic heterocycles. The third-order valence-corrected chi connectivity index (χ3v) is 6.66. The molecule has 3 aromatic rings. The first-order valence-electron chi connectivity index (χ1n) is 10.0. The molecule has 4 heterocycles. The van der Waals surface area contributed by atoms with E-state index in [4.69, 9.17) is 0 Å². The Balaban J connectivity index is 1.36. The monoisotopic (exact) mass is 438 g/mol. The second-order valence-corrected chi connectivity index (χ2v) is 9.23. The molecule has 0 amide bonds. The maximum Gasteiger partial charge on any atom is 0.393 e. The molecule has 162 valence electrons. The summed E-state index contributed by atoms with van der Waals surface area (Å²) in [5, 5.41) is 8.28. The smallest absolute Gasteiger partial charge is 0.369 e. The molecule has 10 heteroatoms. The third kappa shape index (κ3) is 5.10. The van der Waals surface area contributed by atoms with Gasteiger partial charge in [0.05, 0.1) is 18.0 Å². The average Bonchev–Trinajstić information content (AvgIpc) is 3.25. The van der Waals surface area contributed by atoms with Crippen LogP contribution >= 0.6 is 11.3 Å². The molecular weight excluding hydrogens is 413 g/mol. The largest absolute Gasteiger partial charge is 0.393 e. The summed E-state index contributed by atoms with van der Waals surface area (Å²) < 4.78 is 40.0. The molecule has 0 bridgehead atoms. The molecule has 0 unspecified atom stereocenters. The Morgan fingerprint density at radius 3 is 2.83 bits per heavy atom. The van der Waals surface area contributed by atoms with Crippen molar-refractivity contribution < 1.29 is 13.2 Å².